The van der Waals surface area contributed by atoms with Crippen molar-refractivity contribution in [1.82, 2.24) is 0 Å². The van der Waals surface area contributed by atoms with Gasteiger partial charge in [0.1, 0.15) is 0 Å². The van der Waals surface area contributed by atoms with Gasteiger partial charge >= 0.3 is 5.97 Å². The van der Waals surface area contributed by atoms with E-state index >= 15 is 0 Å². The van der Waals surface area contributed by atoms with Crippen molar-refractivity contribution in [2.24, 2.45) is 5.41 Å². The molecule has 0 radical (unpaired) electrons. The Balaban J connectivity index is 3.81. The molecule has 0 bridgehead atoms. The number of rotatable bonds is 8. The second kappa shape index (κ2) is 7.09. The van der Waals surface area contributed by atoms with E-state index in [0.29, 0.717) is 12.4 Å². The standard InChI is InChI=1S/C10H20O4S/c1-10(2,9(11)12)7-15-6-8(14-4)5-13-3/h8H,5-7H2,1-4H3,(H,11,12). The highest BCUT2D eigenvalue weighted by Gasteiger charge is 2.27. The summed E-state index contributed by atoms with van der Waals surface area (Å²) in [6, 6.07) is 0. The number of hydrogen-bond acceptors (Lipinski definition) is 4. The fraction of sp³-hybridized carbons (Fsp3) is 0.900. The zero-order valence-corrected chi connectivity index (χ0v) is 10.6. The summed E-state index contributed by atoms with van der Waals surface area (Å²) in [5.74, 6) is 0.558. The average molecular weight is 236 g/mol. The smallest absolute Gasteiger partial charge is 0.309 e. The third kappa shape index (κ3) is 6.02. The maximum absolute atomic E-state index is 10.8. The van der Waals surface area contributed by atoms with E-state index in [1.165, 1.54) is 0 Å². The van der Waals surface area contributed by atoms with Gasteiger partial charge in [-0.05, 0) is 13.8 Å². The molecule has 0 amide bonds. The van der Waals surface area contributed by atoms with Crippen molar-refractivity contribution in [2.45, 2.75) is 20.0 Å². The Kier molecular flexibility index (Phi) is 6.96. The monoisotopic (exact) mass is 236 g/mol. The molecule has 0 aliphatic heterocycles. The highest BCUT2D eigenvalue weighted by molar-refractivity contribution is 7.99. The average Bonchev–Trinajstić information content (AvgIpc) is 2.16. The quantitative estimate of drug-likeness (QED) is 0.692. The lowest BCUT2D eigenvalue weighted by molar-refractivity contribution is -0.145. The minimum absolute atomic E-state index is 0.0320. The molecule has 0 rings (SSSR count). The van der Waals surface area contributed by atoms with Crippen molar-refractivity contribution < 1.29 is 19.4 Å². The first-order valence-electron chi connectivity index (χ1n) is 4.77. The molecule has 5 heteroatoms. The van der Waals surface area contributed by atoms with E-state index in [0.717, 1.165) is 5.75 Å². The number of carbonyl (C=O) groups is 1. The van der Waals surface area contributed by atoms with Gasteiger partial charge in [-0.1, -0.05) is 0 Å². The van der Waals surface area contributed by atoms with Crippen LogP contribution in [-0.4, -0.2) is 49.5 Å². The van der Waals surface area contributed by atoms with Gasteiger partial charge in [0, 0.05) is 25.7 Å². The van der Waals surface area contributed by atoms with E-state index in [9.17, 15) is 4.79 Å². The van der Waals surface area contributed by atoms with E-state index in [-0.39, 0.29) is 6.10 Å². The van der Waals surface area contributed by atoms with Gasteiger partial charge in [-0.25, -0.2) is 0 Å². The molecular weight excluding hydrogens is 216 g/mol. The number of aliphatic carboxylic acids is 1. The fourth-order valence-corrected chi connectivity index (χ4v) is 2.12. The number of carboxylic acid groups (broad SMARTS) is 1. The maximum atomic E-state index is 10.8. The summed E-state index contributed by atoms with van der Waals surface area (Å²) in [6.45, 7) is 3.98. The lowest BCUT2D eigenvalue weighted by Gasteiger charge is -2.20. The van der Waals surface area contributed by atoms with Gasteiger partial charge in [-0.3, -0.25) is 4.79 Å². The topological polar surface area (TPSA) is 55.8 Å². The SMILES string of the molecule is COCC(CSCC(C)(C)C(=O)O)OC. The minimum Gasteiger partial charge on any atom is -0.481 e. The van der Waals surface area contributed by atoms with E-state index in [1.54, 1.807) is 39.8 Å². The van der Waals surface area contributed by atoms with Crippen LogP contribution in [0.15, 0.2) is 0 Å². The second-order valence-electron chi connectivity index (χ2n) is 4.02. The maximum Gasteiger partial charge on any atom is 0.309 e. The van der Waals surface area contributed by atoms with Gasteiger partial charge < -0.3 is 14.6 Å². The number of carboxylic acids is 1. The summed E-state index contributed by atoms with van der Waals surface area (Å²) in [6.07, 6.45) is 0.0320. The summed E-state index contributed by atoms with van der Waals surface area (Å²) in [7, 11) is 3.25. The molecule has 0 aliphatic rings. The molecule has 0 fully saturated rings. The molecule has 0 aromatic heterocycles. The zero-order valence-electron chi connectivity index (χ0n) is 9.78. The minimum atomic E-state index is -0.768. The number of methoxy groups -OCH3 is 2. The van der Waals surface area contributed by atoms with E-state index in [2.05, 4.69) is 0 Å². The van der Waals surface area contributed by atoms with Crippen molar-refractivity contribution >= 4 is 17.7 Å². The number of hydrogen-bond donors (Lipinski definition) is 1. The molecule has 0 heterocycles. The Hall–Kier alpha value is -0.260. The molecular formula is C10H20O4S. The van der Waals surface area contributed by atoms with Crippen LogP contribution in [0.5, 0.6) is 0 Å². The first kappa shape index (κ1) is 14.7. The van der Waals surface area contributed by atoms with Crippen LogP contribution in [0, 0.1) is 5.41 Å². The molecule has 0 aliphatic carbocycles. The molecule has 0 aromatic carbocycles. The van der Waals surface area contributed by atoms with Gasteiger partial charge in [0.2, 0.25) is 0 Å². The summed E-state index contributed by atoms with van der Waals surface area (Å²) in [5.41, 5.74) is -0.684. The Morgan fingerprint density at radius 3 is 2.47 bits per heavy atom. The summed E-state index contributed by atoms with van der Waals surface area (Å²) in [4.78, 5) is 10.8. The molecule has 90 valence electrons. The zero-order chi connectivity index (χ0) is 11.9. The molecule has 4 nitrogen and oxygen atoms in total. The van der Waals surface area contributed by atoms with Crippen LogP contribution in [0.25, 0.3) is 0 Å². The van der Waals surface area contributed by atoms with Crippen LogP contribution < -0.4 is 0 Å². The number of ether oxygens (including phenoxy) is 2. The van der Waals surface area contributed by atoms with Gasteiger partial charge in [-0.2, -0.15) is 11.8 Å². The van der Waals surface area contributed by atoms with Crippen LogP contribution in [-0.2, 0) is 14.3 Å². The normalized spacial score (nSPS) is 13.9. The van der Waals surface area contributed by atoms with Gasteiger partial charge in [0.05, 0.1) is 18.1 Å². The highest BCUT2D eigenvalue weighted by atomic mass is 32.2. The van der Waals surface area contributed by atoms with Crippen molar-refractivity contribution in [3.63, 3.8) is 0 Å². The summed E-state index contributed by atoms with van der Waals surface area (Å²) in [5, 5.41) is 8.90. The predicted molar refractivity (Wildman–Crippen MR) is 61.4 cm³/mol. The fourth-order valence-electron chi connectivity index (χ4n) is 0.877. The van der Waals surface area contributed by atoms with Crippen molar-refractivity contribution in [2.75, 3.05) is 32.3 Å². The van der Waals surface area contributed by atoms with Crippen molar-refractivity contribution in [1.29, 1.82) is 0 Å². The molecule has 0 saturated carbocycles. The third-order valence-electron chi connectivity index (χ3n) is 2.03. The lowest BCUT2D eigenvalue weighted by Crippen LogP contribution is -2.28. The Morgan fingerprint density at radius 2 is 2.07 bits per heavy atom. The highest BCUT2D eigenvalue weighted by Crippen LogP contribution is 2.22. The van der Waals surface area contributed by atoms with Crippen LogP contribution in [0.3, 0.4) is 0 Å². The Labute approximate surface area is 95.3 Å². The van der Waals surface area contributed by atoms with Crippen molar-refractivity contribution in [3.05, 3.63) is 0 Å². The van der Waals surface area contributed by atoms with Crippen LogP contribution >= 0.6 is 11.8 Å². The van der Waals surface area contributed by atoms with Gasteiger partial charge in [-0.15, -0.1) is 0 Å². The first-order chi connectivity index (χ1) is 6.94. The molecule has 1 N–H and O–H groups in total. The third-order valence-corrected chi connectivity index (χ3v) is 3.56. The van der Waals surface area contributed by atoms with Crippen molar-refractivity contribution in [3.8, 4) is 0 Å². The predicted octanol–water partition coefficient (Wildman–Crippen LogP) is 1.49. The molecule has 0 aromatic rings. The Morgan fingerprint density at radius 1 is 1.47 bits per heavy atom. The molecule has 15 heavy (non-hydrogen) atoms. The van der Waals surface area contributed by atoms with Crippen LogP contribution in [0.4, 0.5) is 0 Å². The molecule has 1 atom stereocenters. The Bertz CT molecular complexity index is 194. The van der Waals surface area contributed by atoms with E-state index < -0.39 is 11.4 Å². The largest absolute Gasteiger partial charge is 0.481 e. The van der Waals surface area contributed by atoms with Gasteiger partial charge in [0.25, 0.3) is 0 Å². The number of thioether (sulfide) groups is 1. The van der Waals surface area contributed by atoms with E-state index in [4.69, 9.17) is 14.6 Å². The summed E-state index contributed by atoms with van der Waals surface area (Å²) >= 11 is 1.58. The first-order valence-corrected chi connectivity index (χ1v) is 5.92. The lowest BCUT2D eigenvalue weighted by atomic mass is 9.97. The van der Waals surface area contributed by atoms with Crippen LogP contribution in [0.1, 0.15) is 13.8 Å². The molecule has 1 unspecified atom stereocenters. The summed E-state index contributed by atoms with van der Waals surface area (Å²) < 4.78 is 10.1. The molecule has 0 saturated heterocycles. The molecule has 0 spiro atoms. The van der Waals surface area contributed by atoms with Gasteiger partial charge in [0.15, 0.2) is 0 Å². The van der Waals surface area contributed by atoms with E-state index in [1.807, 2.05) is 0 Å². The second-order valence-corrected chi connectivity index (χ2v) is 5.05. The van der Waals surface area contributed by atoms with Crippen LogP contribution in [0.2, 0.25) is 0 Å².